The molecule has 11 heteroatoms. The van der Waals surface area contributed by atoms with Gasteiger partial charge in [0.05, 0.1) is 36.7 Å². The maximum Gasteiger partial charge on any atom is 0.350 e. The van der Waals surface area contributed by atoms with E-state index in [1.165, 1.54) is 12.0 Å². The highest BCUT2D eigenvalue weighted by Crippen LogP contribution is 2.44. The van der Waals surface area contributed by atoms with Gasteiger partial charge >= 0.3 is 11.9 Å². The highest BCUT2D eigenvalue weighted by atomic mass is 32.1. The molecule has 0 aliphatic carbocycles. The van der Waals surface area contributed by atoms with Gasteiger partial charge in [-0.3, -0.25) is 14.5 Å². The van der Waals surface area contributed by atoms with Crippen molar-refractivity contribution in [3.63, 3.8) is 0 Å². The van der Waals surface area contributed by atoms with E-state index in [1.807, 2.05) is 36.6 Å². The Balaban J connectivity index is 1.71. The molecule has 0 bridgehead atoms. The Morgan fingerprint density at radius 3 is 2.48 bits per heavy atom. The quantitative estimate of drug-likeness (QED) is 0.146. The fourth-order valence-electron chi connectivity index (χ4n) is 4.75. The number of Topliss-reactive ketones (excluding diaryl/α,β-unsaturated/α-hetero) is 1. The largest absolute Gasteiger partial charge is 0.505 e. The van der Waals surface area contributed by atoms with E-state index in [0.717, 1.165) is 23.3 Å². The first-order chi connectivity index (χ1) is 19.2. The van der Waals surface area contributed by atoms with Gasteiger partial charge in [0.25, 0.3) is 5.78 Å². The van der Waals surface area contributed by atoms with Crippen molar-refractivity contribution in [2.45, 2.75) is 40.2 Å². The number of imidazole rings is 1. The fourth-order valence-corrected chi connectivity index (χ4v) is 5.76. The second-order valence-electron chi connectivity index (χ2n) is 9.42. The van der Waals surface area contributed by atoms with Crippen molar-refractivity contribution >= 4 is 45.5 Å². The van der Waals surface area contributed by atoms with Gasteiger partial charge in [-0.15, -0.1) is 0 Å². The highest BCUT2D eigenvalue weighted by Gasteiger charge is 2.49. The van der Waals surface area contributed by atoms with E-state index in [-0.39, 0.29) is 27.0 Å². The van der Waals surface area contributed by atoms with Gasteiger partial charge in [0.1, 0.15) is 22.0 Å². The summed E-state index contributed by atoms with van der Waals surface area (Å²) in [7, 11) is 1.26. The standard InChI is InChI=1S/C29H28N4O6S/c1-6-14-39-19-11-9-18(10-12-19)22-20(23(34)21-17(4)32-13-7-8-15(2)26(32)31-21)24(35)27(36)33(22)29-30-16(3)25(40-29)28(37)38-5/h7-13,22,34H,6,14H2,1-5H3. The molecule has 1 fully saturated rings. The second-order valence-corrected chi connectivity index (χ2v) is 10.4. The number of amides is 1. The Kier molecular flexibility index (Phi) is 7.16. The molecule has 10 nitrogen and oxygen atoms in total. The molecule has 0 spiro atoms. The molecule has 1 saturated heterocycles. The zero-order valence-corrected chi connectivity index (χ0v) is 23.5. The van der Waals surface area contributed by atoms with Gasteiger partial charge in [-0.05, 0) is 56.5 Å². The van der Waals surface area contributed by atoms with Crippen molar-refractivity contribution in [3.8, 4) is 5.75 Å². The second kappa shape index (κ2) is 10.6. The SMILES string of the molecule is CCCOc1ccc(C2C(=C(O)c3nc4c(C)cccn4c3C)C(=O)C(=O)N2c2nc(C)c(C(=O)OC)s2)cc1. The summed E-state index contributed by atoms with van der Waals surface area (Å²) in [6, 6.07) is 9.72. The molecular weight excluding hydrogens is 532 g/mol. The topological polar surface area (TPSA) is 123 Å². The monoisotopic (exact) mass is 560 g/mol. The molecule has 5 rings (SSSR count). The number of ether oxygens (including phenoxy) is 2. The molecule has 1 unspecified atom stereocenters. The summed E-state index contributed by atoms with van der Waals surface area (Å²) in [6.07, 6.45) is 2.66. The first kappa shape index (κ1) is 27.1. The van der Waals surface area contributed by atoms with Crippen molar-refractivity contribution in [2.75, 3.05) is 18.6 Å². The number of aliphatic hydroxyl groups is 1. The van der Waals surface area contributed by atoms with Gasteiger partial charge in [0.2, 0.25) is 0 Å². The van der Waals surface area contributed by atoms with Gasteiger partial charge in [-0.1, -0.05) is 36.5 Å². The number of hydrogen-bond acceptors (Lipinski definition) is 9. The molecule has 40 heavy (non-hydrogen) atoms. The van der Waals surface area contributed by atoms with E-state index < -0.39 is 23.7 Å². The Bertz CT molecular complexity index is 1680. The van der Waals surface area contributed by atoms with Crippen molar-refractivity contribution in [1.29, 1.82) is 0 Å². The third-order valence-corrected chi connectivity index (χ3v) is 7.92. The summed E-state index contributed by atoms with van der Waals surface area (Å²) in [5.74, 6) is -2.11. The minimum absolute atomic E-state index is 0.121. The maximum absolute atomic E-state index is 13.6. The number of aliphatic hydroxyl groups excluding tert-OH is 1. The van der Waals surface area contributed by atoms with Crippen LogP contribution in [0, 0.1) is 20.8 Å². The number of aromatic nitrogens is 3. The smallest absolute Gasteiger partial charge is 0.350 e. The minimum atomic E-state index is -1.03. The van der Waals surface area contributed by atoms with Crippen LogP contribution in [-0.4, -0.2) is 50.9 Å². The van der Waals surface area contributed by atoms with E-state index in [2.05, 4.69) is 9.97 Å². The molecule has 0 saturated carbocycles. The van der Waals surface area contributed by atoms with E-state index in [9.17, 15) is 19.5 Å². The Hall–Kier alpha value is -4.51. The lowest BCUT2D eigenvalue weighted by molar-refractivity contribution is -0.132. The zero-order chi connectivity index (χ0) is 28.7. The van der Waals surface area contributed by atoms with Gasteiger partial charge in [0.15, 0.2) is 10.9 Å². The summed E-state index contributed by atoms with van der Waals surface area (Å²) < 4.78 is 12.4. The molecule has 1 amide bonds. The maximum atomic E-state index is 13.6. The lowest BCUT2D eigenvalue weighted by atomic mass is 9.96. The predicted molar refractivity (Wildman–Crippen MR) is 150 cm³/mol. The first-order valence-corrected chi connectivity index (χ1v) is 13.5. The lowest BCUT2D eigenvalue weighted by Crippen LogP contribution is -2.29. The normalized spacial score (nSPS) is 16.6. The Morgan fingerprint density at radius 2 is 1.82 bits per heavy atom. The summed E-state index contributed by atoms with van der Waals surface area (Å²) in [6.45, 7) is 7.85. The summed E-state index contributed by atoms with van der Waals surface area (Å²) in [4.78, 5) is 49.9. The molecule has 1 aromatic carbocycles. The third-order valence-electron chi connectivity index (χ3n) is 6.78. The average molecular weight is 561 g/mol. The Morgan fingerprint density at radius 1 is 1.10 bits per heavy atom. The van der Waals surface area contributed by atoms with Crippen LogP contribution >= 0.6 is 11.3 Å². The number of fused-ring (bicyclic) bond motifs is 1. The number of methoxy groups -OCH3 is 1. The number of ketones is 1. The average Bonchev–Trinajstić information content (AvgIpc) is 3.59. The summed E-state index contributed by atoms with van der Waals surface area (Å²) in [5.41, 5.74) is 3.12. The van der Waals surface area contributed by atoms with Crippen LogP contribution in [-0.2, 0) is 14.3 Å². The molecule has 0 radical (unpaired) electrons. The van der Waals surface area contributed by atoms with Crippen LogP contribution in [0.4, 0.5) is 5.13 Å². The van der Waals surface area contributed by atoms with Crippen LogP contribution in [0.15, 0.2) is 48.2 Å². The molecule has 4 aromatic rings. The summed E-state index contributed by atoms with van der Waals surface area (Å²) in [5, 5.41) is 11.8. The van der Waals surface area contributed by atoms with Crippen molar-refractivity contribution in [2.24, 2.45) is 0 Å². The molecule has 1 aliphatic rings. The van der Waals surface area contributed by atoms with Crippen molar-refractivity contribution in [3.05, 3.63) is 81.3 Å². The van der Waals surface area contributed by atoms with Gasteiger partial charge in [0, 0.05) is 6.20 Å². The van der Waals surface area contributed by atoms with Crippen molar-refractivity contribution in [1.82, 2.24) is 14.4 Å². The third kappa shape index (κ3) is 4.41. The number of carbonyl (C=O) groups excluding carboxylic acids is 3. The number of carbonyl (C=O) groups is 3. The zero-order valence-electron chi connectivity index (χ0n) is 22.7. The van der Waals surface area contributed by atoms with Gasteiger partial charge in [-0.2, -0.15) is 0 Å². The number of nitrogens with zero attached hydrogens (tertiary/aromatic N) is 4. The van der Waals surface area contributed by atoms with Crippen LogP contribution in [0.5, 0.6) is 5.75 Å². The molecule has 3 aromatic heterocycles. The number of pyridine rings is 1. The van der Waals surface area contributed by atoms with E-state index in [4.69, 9.17) is 9.47 Å². The van der Waals surface area contributed by atoms with E-state index in [0.29, 0.717) is 35.0 Å². The fraction of sp³-hybridized carbons (Fsp3) is 0.276. The molecular formula is C29H28N4O6S. The van der Waals surface area contributed by atoms with Crippen LogP contribution in [0.2, 0.25) is 0 Å². The first-order valence-electron chi connectivity index (χ1n) is 12.7. The number of benzene rings is 1. The minimum Gasteiger partial charge on any atom is -0.505 e. The number of hydrogen-bond donors (Lipinski definition) is 1. The molecule has 1 N–H and O–H groups in total. The predicted octanol–water partition coefficient (Wildman–Crippen LogP) is 4.92. The van der Waals surface area contributed by atoms with Crippen LogP contribution < -0.4 is 9.64 Å². The van der Waals surface area contributed by atoms with E-state index >= 15 is 0 Å². The van der Waals surface area contributed by atoms with Crippen LogP contribution in [0.1, 0.15) is 57.3 Å². The number of aryl methyl sites for hydroxylation is 3. The van der Waals surface area contributed by atoms with Gasteiger partial charge < -0.3 is 19.0 Å². The number of anilines is 1. The van der Waals surface area contributed by atoms with E-state index in [1.54, 1.807) is 38.1 Å². The Labute approximate surface area is 234 Å². The highest BCUT2D eigenvalue weighted by molar-refractivity contribution is 7.17. The van der Waals surface area contributed by atoms with Crippen LogP contribution in [0.25, 0.3) is 11.4 Å². The van der Waals surface area contributed by atoms with Gasteiger partial charge in [-0.25, -0.2) is 14.8 Å². The number of thiazole rings is 1. The summed E-state index contributed by atoms with van der Waals surface area (Å²) >= 11 is 0.945. The number of rotatable bonds is 7. The lowest BCUT2D eigenvalue weighted by Gasteiger charge is -2.23. The number of esters is 1. The van der Waals surface area contributed by atoms with Crippen molar-refractivity contribution < 1.29 is 29.0 Å². The molecule has 206 valence electrons. The van der Waals surface area contributed by atoms with Crippen LogP contribution in [0.3, 0.4) is 0 Å². The molecule has 1 atom stereocenters. The molecule has 4 heterocycles. The molecule has 1 aliphatic heterocycles.